The van der Waals surface area contributed by atoms with Crippen molar-refractivity contribution in [3.63, 3.8) is 0 Å². The van der Waals surface area contributed by atoms with E-state index in [0.717, 1.165) is 5.56 Å². The van der Waals surface area contributed by atoms with Crippen molar-refractivity contribution in [1.82, 2.24) is 10.2 Å². The van der Waals surface area contributed by atoms with Gasteiger partial charge in [-0.05, 0) is 18.1 Å². The van der Waals surface area contributed by atoms with Crippen LogP contribution in [0.4, 0.5) is 10.7 Å². The molecule has 0 bridgehead atoms. The Morgan fingerprint density at radius 2 is 1.46 bits per heavy atom. The van der Waals surface area contributed by atoms with Crippen molar-refractivity contribution in [2.75, 3.05) is 30.7 Å². The second kappa shape index (κ2) is 12.9. The zero-order valence-corrected chi connectivity index (χ0v) is 21.8. The maximum Gasteiger partial charge on any atom is 0.259 e. The van der Waals surface area contributed by atoms with E-state index < -0.39 is 0 Å². The smallest absolute Gasteiger partial charge is 0.259 e. The molecule has 3 aromatic carbocycles. The molecule has 0 aliphatic heterocycles. The molecule has 0 aliphatic carbocycles. The van der Waals surface area contributed by atoms with Crippen molar-refractivity contribution in [3.8, 4) is 0 Å². The van der Waals surface area contributed by atoms with E-state index >= 15 is 0 Å². The number of hydrogen-bond acceptors (Lipinski definition) is 6. The summed E-state index contributed by atoms with van der Waals surface area (Å²) in [6.45, 7) is 4.82. The number of hydrogen-bond donors (Lipinski definition) is 3. The summed E-state index contributed by atoms with van der Waals surface area (Å²) in [5.41, 5.74) is 9.88. The summed E-state index contributed by atoms with van der Waals surface area (Å²) in [6.07, 6.45) is 0. The monoisotopic (exact) mass is 512 g/mol. The van der Waals surface area contributed by atoms with Gasteiger partial charge in [-0.15, -0.1) is 11.3 Å². The predicted molar refractivity (Wildman–Crippen MR) is 152 cm³/mol. The minimum atomic E-state index is -0.192. The number of nitrogen functional groups attached to an aromatic ring is 1. The van der Waals surface area contributed by atoms with Gasteiger partial charge in [0.2, 0.25) is 5.78 Å². The van der Waals surface area contributed by atoms with Crippen LogP contribution in [0.25, 0.3) is 0 Å². The van der Waals surface area contributed by atoms with Gasteiger partial charge in [-0.3, -0.25) is 9.59 Å². The normalized spacial score (nSPS) is 10.7. The van der Waals surface area contributed by atoms with Crippen molar-refractivity contribution < 1.29 is 9.59 Å². The molecular weight excluding hydrogens is 480 g/mol. The standard InChI is InChI=1S/C30H32N4O2S/c1-2-33-29-25(26(31)28(37-29)27(35)24-16-10-5-11-17-24)30(36)34(21-23-14-8-4-9-15-23)19-18-32-20-22-12-6-3-7-13-22/h3-17,32-33H,2,18-21,31H2,1H3. The number of nitrogens with one attached hydrogen (secondary N) is 2. The van der Waals surface area contributed by atoms with Crippen LogP contribution in [-0.2, 0) is 13.1 Å². The van der Waals surface area contributed by atoms with Gasteiger partial charge in [0.15, 0.2) is 0 Å². The van der Waals surface area contributed by atoms with Crippen molar-refractivity contribution in [1.29, 1.82) is 0 Å². The van der Waals surface area contributed by atoms with Gasteiger partial charge in [0.05, 0.1) is 11.3 Å². The number of ketones is 1. The molecule has 4 N–H and O–H groups in total. The number of nitrogens with two attached hydrogens (primary N) is 1. The average Bonchev–Trinajstić information content (AvgIpc) is 3.26. The first-order valence-electron chi connectivity index (χ1n) is 12.4. The van der Waals surface area contributed by atoms with E-state index in [2.05, 4.69) is 22.8 Å². The lowest BCUT2D eigenvalue weighted by Gasteiger charge is -2.24. The van der Waals surface area contributed by atoms with E-state index in [0.29, 0.717) is 53.7 Å². The topological polar surface area (TPSA) is 87.5 Å². The number of carbonyl (C=O) groups is 2. The Bertz CT molecular complexity index is 1310. The summed E-state index contributed by atoms with van der Waals surface area (Å²) >= 11 is 1.24. The fourth-order valence-corrected chi connectivity index (χ4v) is 5.23. The highest BCUT2D eigenvalue weighted by molar-refractivity contribution is 7.19. The first kappa shape index (κ1) is 26.1. The highest BCUT2D eigenvalue weighted by atomic mass is 32.1. The molecule has 7 heteroatoms. The van der Waals surface area contributed by atoms with E-state index in [-0.39, 0.29) is 17.4 Å². The van der Waals surface area contributed by atoms with Crippen LogP contribution in [0.3, 0.4) is 0 Å². The summed E-state index contributed by atoms with van der Waals surface area (Å²) in [7, 11) is 0. The van der Waals surface area contributed by atoms with Gasteiger partial charge >= 0.3 is 0 Å². The Balaban J connectivity index is 1.59. The van der Waals surface area contributed by atoms with E-state index in [9.17, 15) is 9.59 Å². The summed E-state index contributed by atoms with van der Waals surface area (Å²) in [5, 5.41) is 7.31. The van der Waals surface area contributed by atoms with E-state index in [1.165, 1.54) is 16.9 Å². The number of nitrogens with zero attached hydrogens (tertiary/aromatic N) is 1. The number of rotatable bonds is 12. The molecule has 6 nitrogen and oxygen atoms in total. The number of carbonyl (C=O) groups excluding carboxylic acids is 2. The van der Waals surface area contributed by atoms with Crippen molar-refractivity contribution in [2.45, 2.75) is 20.0 Å². The first-order chi connectivity index (χ1) is 18.1. The van der Waals surface area contributed by atoms with Gasteiger partial charge in [-0.2, -0.15) is 0 Å². The molecule has 1 aromatic heterocycles. The van der Waals surface area contributed by atoms with E-state index in [1.807, 2.05) is 73.7 Å². The molecule has 0 unspecified atom stereocenters. The third-order valence-electron chi connectivity index (χ3n) is 5.97. The van der Waals surface area contributed by atoms with Crippen LogP contribution in [0, 0.1) is 0 Å². The Labute approximate surface area is 222 Å². The van der Waals surface area contributed by atoms with Crippen molar-refractivity contribution in [3.05, 3.63) is 118 Å². The average molecular weight is 513 g/mol. The lowest BCUT2D eigenvalue weighted by Crippen LogP contribution is -2.37. The van der Waals surface area contributed by atoms with Crippen molar-refractivity contribution >= 4 is 33.7 Å². The van der Waals surface area contributed by atoms with Crippen molar-refractivity contribution in [2.24, 2.45) is 0 Å². The molecule has 0 atom stereocenters. The number of anilines is 2. The minimum absolute atomic E-state index is 0.180. The predicted octanol–water partition coefficient (Wildman–Crippen LogP) is 5.43. The third kappa shape index (κ3) is 6.64. The molecule has 0 fully saturated rings. The largest absolute Gasteiger partial charge is 0.397 e. The minimum Gasteiger partial charge on any atom is -0.397 e. The molecule has 1 heterocycles. The highest BCUT2D eigenvalue weighted by Gasteiger charge is 2.29. The molecule has 0 saturated carbocycles. The van der Waals surface area contributed by atoms with Gasteiger partial charge in [0, 0.05) is 38.3 Å². The van der Waals surface area contributed by atoms with Crippen LogP contribution >= 0.6 is 11.3 Å². The molecule has 0 spiro atoms. The van der Waals surface area contributed by atoms with Crippen LogP contribution in [0.1, 0.15) is 43.6 Å². The number of benzene rings is 3. The lowest BCUT2D eigenvalue weighted by atomic mass is 10.1. The maximum atomic E-state index is 14.0. The Kier molecular flexibility index (Phi) is 9.08. The molecule has 0 aliphatic rings. The Morgan fingerprint density at radius 3 is 2.08 bits per heavy atom. The molecule has 4 rings (SSSR count). The summed E-state index contributed by atoms with van der Waals surface area (Å²) in [4.78, 5) is 29.4. The lowest BCUT2D eigenvalue weighted by molar-refractivity contribution is 0.0747. The van der Waals surface area contributed by atoms with Crippen LogP contribution in [-0.4, -0.2) is 36.2 Å². The quantitative estimate of drug-likeness (QED) is 0.174. The summed E-state index contributed by atoms with van der Waals surface area (Å²) in [6, 6.07) is 29.1. The molecule has 37 heavy (non-hydrogen) atoms. The molecule has 0 radical (unpaired) electrons. The molecule has 4 aromatic rings. The SMILES string of the molecule is CCNc1sc(C(=O)c2ccccc2)c(N)c1C(=O)N(CCNCc1ccccc1)Cc1ccccc1. The summed E-state index contributed by atoms with van der Waals surface area (Å²) in [5.74, 6) is -0.373. The molecule has 190 valence electrons. The fraction of sp³-hybridized carbons (Fsp3) is 0.200. The Morgan fingerprint density at radius 1 is 0.865 bits per heavy atom. The van der Waals surface area contributed by atoms with Crippen LogP contribution in [0.2, 0.25) is 0 Å². The Hall–Kier alpha value is -3.94. The third-order valence-corrected chi connectivity index (χ3v) is 7.13. The summed E-state index contributed by atoms with van der Waals surface area (Å²) < 4.78 is 0. The van der Waals surface area contributed by atoms with E-state index in [1.54, 1.807) is 17.0 Å². The van der Waals surface area contributed by atoms with Crippen LogP contribution < -0.4 is 16.4 Å². The van der Waals surface area contributed by atoms with Gasteiger partial charge < -0.3 is 21.3 Å². The van der Waals surface area contributed by atoms with E-state index in [4.69, 9.17) is 5.73 Å². The number of thiophene rings is 1. The van der Waals surface area contributed by atoms with Crippen LogP contribution in [0.5, 0.6) is 0 Å². The maximum absolute atomic E-state index is 14.0. The molecule has 1 amide bonds. The second-order valence-corrected chi connectivity index (χ2v) is 9.67. The number of amides is 1. The fourth-order valence-electron chi connectivity index (χ4n) is 4.09. The second-order valence-electron chi connectivity index (χ2n) is 8.65. The van der Waals surface area contributed by atoms with Gasteiger partial charge in [0.25, 0.3) is 5.91 Å². The zero-order valence-electron chi connectivity index (χ0n) is 20.9. The van der Waals surface area contributed by atoms with Crippen LogP contribution in [0.15, 0.2) is 91.0 Å². The molecule has 0 saturated heterocycles. The first-order valence-corrected chi connectivity index (χ1v) is 13.2. The molecular formula is C30H32N4O2S. The van der Waals surface area contributed by atoms with Gasteiger partial charge in [-0.25, -0.2) is 0 Å². The van der Waals surface area contributed by atoms with Gasteiger partial charge in [0.1, 0.15) is 9.88 Å². The zero-order chi connectivity index (χ0) is 26.0. The van der Waals surface area contributed by atoms with Gasteiger partial charge in [-0.1, -0.05) is 91.0 Å². The highest BCUT2D eigenvalue weighted by Crippen LogP contribution is 2.38.